The van der Waals surface area contributed by atoms with Gasteiger partial charge in [0.2, 0.25) is 0 Å². The molecule has 0 spiro atoms. The van der Waals surface area contributed by atoms with E-state index in [9.17, 15) is 4.79 Å². The van der Waals surface area contributed by atoms with Gasteiger partial charge in [0, 0.05) is 11.1 Å². The van der Waals surface area contributed by atoms with Crippen molar-refractivity contribution in [2.75, 3.05) is 5.32 Å². The van der Waals surface area contributed by atoms with Crippen LogP contribution in [0.1, 0.15) is 16.7 Å². The van der Waals surface area contributed by atoms with Crippen molar-refractivity contribution in [2.45, 2.75) is 13.2 Å². The van der Waals surface area contributed by atoms with Crippen LogP contribution in [0.5, 0.6) is 5.75 Å². The summed E-state index contributed by atoms with van der Waals surface area (Å²) in [6.45, 7) is 2.02. The number of aliphatic imine (C=N–C) groups is 1. The zero-order valence-corrected chi connectivity index (χ0v) is 14.3. The molecule has 1 N–H and O–H groups in total. The molecule has 1 atom stereocenters. The topological polar surface area (TPSA) is 50.7 Å². The van der Waals surface area contributed by atoms with Crippen molar-refractivity contribution in [3.05, 3.63) is 95.6 Å². The predicted octanol–water partition coefficient (Wildman–Crippen LogP) is 4.19. The van der Waals surface area contributed by atoms with E-state index in [0.717, 1.165) is 28.1 Å². The molecule has 0 saturated heterocycles. The van der Waals surface area contributed by atoms with Crippen molar-refractivity contribution in [3.63, 3.8) is 0 Å². The third kappa shape index (κ3) is 3.22. The fourth-order valence-corrected chi connectivity index (χ4v) is 2.94. The normalized spacial score (nSPS) is 16.1. The zero-order chi connectivity index (χ0) is 17.9. The van der Waals surface area contributed by atoms with Gasteiger partial charge in [0.1, 0.15) is 5.75 Å². The third-order valence-corrected chi connectivity index (χ3v) is 4.20. The smallest absolute Gasteiger partial charge is 0.288 e. The molecule has 3 aromatic carbocycles. The summed E-state index contributed by atoms with van der Waals surface area (Å²) in [6.07, 6.45) is -0.958. The Morgan fingerprint density at radius 2 is 1.62 bits per heavy atom. The maximum Gasteiger partial charge on any atom is 0.288 e. The van der Waals surface area contributed by atoms with Gasteiger partial charge >= 0.3 is 0 Å². The standard InChI is InChI=1S/C22H18N2O2/c1-15-12-13-19-18(14-15)20(16-8-4-2-5-9-16)24-22(21(25)23-19)26-17-10-6-3-7-11-17/h2-14,22H,1H3,(H,23,25). The van der Waals surface area contributed by atoms with E-state index in [4.69, 9.17) is 4.74 Å². The highest BCUT2D eigenvalue weighted by atomic mass is 16.5. The quantitative estimate of drug-likeness (QED) is 0.776. The number of nitrogens with zero attached hydrogens (tertiary/aromatic N) is 1. The molecule has 3 aromatic rings. The van der Waals surface area contributed by atoms with E-state index in [0.29, 0.717) is 5.75 Å². The summed E-state index contributed by atoms with van der Waals surface area (Å²) in [5, 5.41) is 2.94. The van der Waals surface area contributed by atoms with Crippen molar-refractivity contribution in [3.8, 4) is 5.75 Å². The lowest BCUT2D eigenvalue weighted by atomic mass is 9.99. The van der Waals surface area contributed by atoms with Crippen LogP contribution in [-0.2, 0) is 4.79 Å². The van der Waals surface area contributed by atoms with E-state index >= 15 is 0 Å². The predicted molar refractivity (Wildman–Crippen MR) is 103 cm³/mol. The van der Waals surface area contributed by atoms with Crippen LogP contribution in [-0.4, -0.2) is 17.8 Å². The van der Waals surface area contributed by atoms with Gasteiger partial charge in [0.15, 0.2) is 0 Å². The lowest BCUT2D eigenvalue weighted by Gasteiger charge is -2.13. The maximum absolute atomic E-state index is 12.7. The Morgan fingerprint density at radius 1 is 0.923 bits per heavy atom. The number of hydrogen-bond donors (Lipinski definition) is 1. The Hall–Kier alpha value is -3.40. The van der Waals surface area contributed by atoms with Crippen molar-refractivity contribution < 1.29 is 9.53 Å². The average molecular weight is 342 g/mol. The number of aryl methyl sites for hydroxylation is 1. The molecular weight excluding hydrogens is 324 g/mol. The summed E-state index contributed by atoms with van der Waals surface area (Å²) in [5.41, 5.74) is 4.41. The lowest BCUT2D eigenvalue weighted by molar-refractivity contribution is -0.122. The van der Waals surface area contributed by atoms with E-state index in [1.54, 1.807) is 0 Å². The molecule has 1 amide bonds. The number of carbonyl (C=O) groups excluding carboxylic acids is 1. The van der Waals surface area contributed by atoms with Crippen LogP contribution in [0.25, 0.3) is 0 Å². The first-order valence-electron chi connectivity index (χ1n) is 8.47. The van der Waals surface area contributed by atoms with Gasteiger partial charge in [-0.05, 0) is 31.2 Å². The monoisotopic (exact) mass is 342 g/mol. The molecule has 0 aliphatic carbocycles. The van der Waals surface area contributed by atoms with E-state index in [1.165, 1.54) is 0 Å². The van der Waals surface area contributed by atoms with Gasteiger partial charge in [-0.25, -0.2) is 4.99 Å². The molecule has 26 heavy (non-hydrogen) atoms. The van der Waals surface area contributed by atoms with Crippen LogP contribution >= 0.6 is 0 Å². The van der Waals surface area contributed by atoms with Gasteiger partial charge < -0.3 is 10.1 Å². The first-order valence-corrected chi connectivity index (χ1v) is 8.47. The molecule has 4 nitrogen and oxygen atoms in total. The van der Waals surface area contributed by atoms with Gasteiger partial charge in [-0.3, -0.25) is 4.79 Å². The molecule has 0 saturated carbocycles. The highest BCUT2D eigenvalue weighted by Gasteiger charge is 2.27. The lowest BCUT2D eigenvalue weighted by Crippen LogP contribution is -2.30. The SMILES string of the molecule is Cc1ccc2c(c1)C(c1ccccc1)=NC(Oc1ccccc1)C(=O)N2. The maximum atomic E-state index is 12.7. The Morgan fingerprint density at radius 3 is 2.35 bits per heavy atom. The molecule has 1 aliphatic rings. The number of amides is 1. The molecule has 0 aromatic heterocycles. The Bertz CT molecular complexity index is 966. The molecule has 1 heterocycles. The highest BCUT2D eigenvalue weighted by Crippen LogP contribution is 2.26. The molecule has 128 valence electrons. The number of benzene rings is 3. The summed E-state index contributed by atoms with van der Waals surface area (Å²) in [7, 11) is 0. The molecule has 4 rings (SSSR count). The second-order valence-corrected chi connectivity index (χ2v) is 6.17. The molecule has 1 unspecified atom stereocenters. The number of hydrogen-bond acceptors (Lipinski definition) is 3. The van der Waals surface area contributed by atoms with Crippen LogP contribution in [0.15, 0.2) is 83.9 Å². The van der Waals surface area contributed by atoms with Crippen molar-refractivity contribution >= 4 is 17.3 Å². The fourth-order valence-electron chi connectivity index (χ4n) is 2.94. The largest absolute Gasteiger partial charge is 0.459 e. The Kier molecular flexibility index (Phi) is 4.23. The number of benzodiazepines with no additional fused rings is 1. The summed E-state index contributed by atoms with van der Waals surface area (Å²) in [5.74, 6) is 0.316. The van der Waals surface area contributed by atoms with E-state index < -0.39 is 6.23 Å². The number of anilines is 1. The molecule has 0 bridgehead atoms. The van der Waals surface area contributed by atoms with Crippen molar-refractivity contribution in [1.29, 1.82) is 0 Å². The first-order chi connectivity index (χ1) is 12.7. The highest BCUT2D eigenvalue weighted by molar-refractivity contribution is 6.19. The zero-order valence-electron chi connectivity index (χ0n) is 14.3. The minimum Gasteiger partial charge on any atom is -0.459 e. The minimum absolute atomic E-state index is 0.287. The summed E-state index contributed by atoms with van der Waals surface area (Å²) >= 11 is 0. The number of para-hydroxylation sites is 1. The van der Waals surface area contributed by atoms with E-state index in [1.807, 2.05) is 85.8 Å². The minimum atomic E-state index is -0.958. The number of nitrogens with one attached hydrogen (secondary N) is 1. The number of carbonyl (C=O) groups is 1. The average Bonchev–Trinajstić information content (AvgIpc) is 2.80. The van der Waals surface area contributed by atoms with Crippen molar-refractivity contribution in [2.24, 2.45) is 4.99 Å². The number of rotatable bonds is 3. The molecule has 0 radical (unpaired) electrons. The van der Waals surface area contributed by atoms with Crippen LogP contribution in [0.2, 0.25) is 0 Å². The van der Waals surface area contributed by atoms with Crippen LogP contribution < -0.4 is 10.1 Å². The van der Waals surface area contributed by atoms with Crippen molar-refractivity contribution in [1.82, 2.24) is 0 Å². The van der Waals surface area contributed by atoms with Gasteiger partial charge in [-0.2, -0.15) is 0 Å². The third-order valence-electron chi connectivity index (χ3n) is 4.20. The molecular formula is C22H18N2O2. The summed E-state index contributed by atoms with van der Waals surface area (Å²) in [4.78, 5) is 17.4. The van der Waals surface area contributed by atoms with Gasteiger partial charge in [-0.1, -0.05) is 60.2 Å². The van der Waals surface area contributed by atoms with Gasteiger partial charge in [0.05, 0.1) is 11.4 Å². The first kappa shape index (κ1) is 16.1. The summed E-state index contributed by atoms with van der Waals surface area (Å²) in [6, 6.07) is 25.0. The van der Waals surface area contributed by atoms with Crippen LogP contribution in [0.3, 0.4) is 0 Å². The van der Waals surface area contributed by atoms with E-state index in [-0.39, 0.29) is 5.91 Å². The number of ether oxygens (including phenoxy) is 1. The van der Waals surface area contributed by atoms with Crippen LogP contribution in [0.4, 0.5) is 5.69 Å². The molecule has 4 heteroatoms. The Labute approximate surface area is 152 Å². The van der Waals surface area contributed by atoms with E-state index in [2.05, 4.69) is 10.3 Å². The fraction of sp³-hybridized carbons (Fsp3) is 0.0909. The van der Waals surface area contributed by atoms with Gasteiger partial charge in [-0.15, -0.1) is 0 Å². The molecule has 0 fully saturated rings. The second kappa shape index (κ2) is 6.84. The van der Waals surface area contributed by atoms with Gasteiger partial charge in [0.25, 0.3) is 12.1 Å². The second-order valence-electron chi connectivity index (χ2n) is 6.17. The molecule has 1 aliphatic heterocycles. The number of fused-ring (bicyclic) bond motifs is 1. The Balaban J connectivity index is 1.83. The summed E-state index contributed by atoms with van der Waals surface area (Å²) < 4.78 is 5.86. The van der Waals surface area contributed by atoms with Crippen LogP contribution in [0, 0.1) is 6.92 Å².